The van der Waals surface area contributed by atoms with Crippen LogP contribution in [0, 0.1) is 112 Å². The van der Waals surface area contributed by atoms with Gasteiger partial charge in [0.2, 0.25) is 0 Å². The van der Waals surface area contributed by atoms with Crippen LogP contribution in [0.2, 0.25) is 0 Å². The van der Waals surface area contributed by atoms with Crippen LogP contribution in [0.3, 0.4) is 0 Å². The molecule has 12 rings (SSSR count). The lowest BCUT2D eigenvalue weighted by Gasteiger charge is -2.45. The number of ether oxygens (including phenoxy) is 3. The number of halogens is 23. The van der Waals surface area contributed by atoms with Gasteiger partial charge in [0, 0.05) is 44.4 Å². The van der Waals surface area contributed by atoms with Gasteiger partial charge in [-0.2, -0.15) is 26.3 Å². The van der Waals surface area contributed by atoms with E-state index in [1.807, 2.05) is 0 Å². The van der Waals surface area contributed by atoms with Crippen molar-refractivity contribution in [2.75, 3.05) is 0 Å². The molecule has 24 N–H and O–H groups in total. The number of alkyl halides is 23. The average molecular weight is 1890 g/mol. The Hall–Kier alpha value is -2.21. The van der Waals surface area contributed by atoms with Crippen LogP contribution < -0.4 is 0 Å². The van der Waals surface area contributed by atoms with Crippen molar-refractivity contribution < 1.29 is 181 Å². The molecule has 762 valence electrons. The molecule has 0 aromatic carbocycles. The van der Waals surface area contributed by atoms with Crippen molar-refractivity contribution in [3.8, 4) is 0 Å². The van der Waals surface area contributed by atoms with Crippen LogP contribution in [-0.2, 0) is 14.2 Å². The van der Waals surface area contributed by atoms with Crippen LogP contribution in [0.15, 0.2) is 0 Å². The fraction of sp³-hybridized carbons (Fsp3) is 1.00. The summed E-state index contributed by atoms with van der Waals surface area (Å²) in [5.41, 5.74) is 0. The summed E-state index contributed by atoms with van der Waals surface area (Å²) in [6.45, 7) is 7.96. The first kappa shape index (κ1) is 128. The average Bonchev–Trinajstić information content (AvgIpc) is 0.780. The molecule has 0 aromatic rings. The van der Waals surface area contributed by atoms with Gasteiger partial charge in [0.25, 0.3) is 0 Å². The standard InChI is InChI=1S/C31H49F7O.C29H44F8O.C28H42F8O.12H2O/c1-3-4-5-6-19-7-9-20(10-8-19)21-11-12-24(27(34)13-21)22-14-28(35)30(29(36)15-22)31(37,38)39-23-16-25(32)18(2)26(33)17-23;1-2-3-4-16-5-7-17(8-6-16)18-9-10-21(22(30)11-18)19-12-23(31)27(24(32)13-19)29(36,37)38-20-14-25(33)28(35)26(34)15-20;1-2-3-15-4-6-16(7-5-15)17-8-9-20(21(29)10-17)18-11-22(30)26(23(31)12-18)28(35,36)37-19-13-24(32)27(34)25(33)14-19;;;;;;;;;;;;/h18-30H,3-17H2,1-2H3;16-28H,2-15H2,1H3;15-27H,2-14H2,1H3;12*1H2. The van der Waals surface area contributed by atoms with Crippen molar-refractivity contribution in [1.29, 1.82) is 0 Å². The molecule has 0 amide bonds. The second-order valence-electron chi connectivity index (χ2n) is 38.6. The molecule has 38 heteroatoms. The Morgan fingerprint density at radius 2 is 0.429 bits per heavy atom. The lowest BCUT2D eigenvalue weighted by atomic mass is 9.63. The highest BCUT2D eigenvalue weighted by molar-refractivity contribution is 5.03. The van der Waals surface area contributed by atoms with Crippen LogP contribution >= 0.6 is 0 Å². The maximum Gasteiger partial charge on any atom is 0.364 e. The Balaban J connectivity index is -0.00000172. The zero-order valence-electron chi connectivity index (χ0n) is 73.6. The molecule has 126 heavy (non-hydrogen) atoms. The molecule has 12 fully saturated rings. The van der Waals surface area contributed by atoms with E-state index in [1.54, 1.807) is 0 Å². The zero-order chi connectivity index (χ0) is 82.8. The number of unbranched alkanes of at least 4 members (excludes halogenated alkanes) is 3. The molecular formula is C88H159F23O15. The summed E-state index contributed by atoms with van der Waals surface area (Å²) in [5, 5.41) is 0. The summed E-state index contributed by atoms with van der Waals surface area (Å²) in [5.74, 6) is -7.14. The van der Waals surface area contributed by atoms with Gasteiger partial charge in [-0.05, 0) is 224 Å². The predicted octanol–water partition coefficient (Wildman–Crippen LogP) is 18.1. The van der Waals surface area contributed by atoms with Gasteiger partial charge in [0.15, 0.2) is 12.3 Å². The molecule has 0 heterocycles. The number of hydrogen-bond acceptors (Lipinski definition) is 3. The van der Waals surface area contributed by atoms with Gasteiger partial charge in [-0.3, -0.25) is 0 Å². The molecule has 0 saturated heterocycles. The Morgan fingerprint density at radius 3 is 0.659 bits per heavy atom. The van der Waals surface area contributed by atoms with Crippen molar-refractivity contribution in [2.24, 2.45) is 112 Å². The van der Waals surface area contributed by atoms with Crippen molar-refractivity contribution in [3.05, 3.63) is 0 Å². The molecular weight excluding hydrogens is 1730 g/mol. The summed E-state index contributed by atoms with van der Waals surface area (Å²) in [4.78, 5) is 0. The van der Waals surface area contributed by atoms with Gasteiger partial charge in [0.1, 0.15) is 110 Å². The van der Waals surface area contributed by atoms with Crippen molar-refractivity contribution in [1.82, 2.24) is 0 Å². The molecule has 12 aliphatic carbocycles. The SMILES string of the molecule is CCCC1CCC(C2CCC(C3CC(F)C(C(F)(F)OC4CC(F)C(F)C(F)C4)C(F)C3)C(F)C2)CC1.CCCCC1CCC(C2CCC(C3CC(F)C(C(F)(F)OC4CC(F)C(F)C(F)C4)C(F)C3)C(F)C2)CC1.CCCCCC1CCC(C2CCC(C3CC(F)C(C(F)(F)OC4CC(F)C(C)C(F)C4)C(F)C3)C(F)C2)CC1.O.O.O.O.O.O.O.O.O.O.O.O. The van der Waals surface area contributed by atoms with Gasteiger partial charge in [-0.25, -0.2) is 74.6 Å². The highest BCUT2D eigenvalue weighted by Gasteiger charge is 2.62. The molecule has 0 aliphatic heterocycles. The Labute approximate surface area is 729 Å². The van der Waals surface area contributed by atoms with Crippen molar-refractivity contribution in [2.45, 2.75) is 439 Å². The van der Waals surface area contributed by atoms with E-state index in [9.17, 15) is 61.5 Å². The second kappa shape index (κ2) is 57.6. The third-order valence-electron chi connectivity index (χ3n) is 31.1. The number of hydrogen-bond donors (Lipinski definition) is 0. The first-order chi connectivity index (χ1) is 54.0. The third kappa shape index (κ3) is 33.1. The lowest BCUT2D eigenvalue weighted by Crippen LogP contribution is -2.52. The largest absolute Gasteiger partial charge is 0.412 e. The van der Waals surface area contributed by atoms with Gasteiger partial charge < -0.3 is 79.9 Å². The lowest BCUT2D eigenvalue weighted by molar-refractivity contribution is -0.324. The van der Waals surface area contributed by atoms with Crippen LogP contribution in [0.1, 0.15) is 297 Å². The normalized spacial score (nSPS) is 42.6. The third-order valence-corrected chi connectivity index (χ3v) is 31.1. The molecule has 0 spiro atoms. The summed E-state index contributed by atoms with van der Waals surface area (Å²) in [6, 6.07) is 0. The van der Waals surface area contributed by atoms with Crippen molar-refractivity contribution >= 4 is 0 Å². The second-order valence-corrected chi connectivity index (χ2v) is 38.6. The molecule has 12 aliphatic rings. The van der Waals surface area contributed by atoms with Gasteiger partial charge in [0.05, 0.1) is 18.3 Å². The van der Waals surface area contributed by atoms with Crippen LogP contribution in [0.5, 0.6) is 0 Å². The number of rotatable bonds is 24. The molecule has 21 unspecified atom stereocenters. The van der Waals surface area contributed by atoms with Gasteiger partial charge >= 0.3 is 18.3 Å². The molecule has 12 saturated carbocycles. The molecule has 21 atom stereocenters. The highest BCUT2D eigenvalue weighted by Crippen LogP contribution is 2.57. The topological polar surface area (TPSA) is 406 Å². The summed E-state index contributed by atoms with van der Waals surface area (Å²) in [7, 11) is 0. The fourth-order valence-corrected chi connectivity index (χ4v) is 24.3. The maximum atomic E-state index is 15.4. The van der Waals surface area contributed by atoms with Crippen LogP contribution in [0.4, 0.5) is 101 Å². The zero-order valence-corrected chi connectivity index (χ0v) is 73.6. The summed E-state index contributed by atoms with van der Waals surface area (Å²) in [6.07, 6.45) is -28.2. The Kier molecular flexibility index (Phi) is 58.5. The Morgan fingerprint density at radius 1 is 0.214 bits per heavy atom. The molecule has 15 nitrogen and oxygen atoms in total. The molecule has 0 bridgehead atoms. The van der Waals surface area contributed by atoms with E-state index < -0.39 is 265 Å². The molecule has 0 radical (unpaired) electrons. The summed E-state index contributed by atoms with van der Waals surface area (Å²) >= 11 is 0. The minimum absolute atomic E-state index is 0. The Bertz CT molecular complexity index is 2740. The predicted molar refractivity (Wildman–Crippen MR) is 439 cm³/mol. The van der Waals surface area contributed by atoms with Crippen LogP contribution in [-0.4, -0.2) is 207 Å². The first-order valence-corrected chi connectivity index (χ1v) is 45.0. The van der Waals surface area contributed by atoms with E-state index in [-0.39, 0.29) is 90.4 Å². The monoisotopic (exact) mass is 1890 g/mol. The highest BCUT2D eigenvalue weighted by atomic mass is 19.3. The maximum absolute atomic E-state index is 15.4. The first-order valence-electron chi connectivity index (χ1n) is 45.0. The van der Waals surface area contributed by atoms with E-state index >= 15 is 39.5 Å². The van der Waals surface area contributed by atoms with Gasteiger partial charge in [-0.1, -0.05) is 124 Å². The smallest absolute Gasteiger partial charge is 0.364 e. The van der Waals surface area contributed by atoms with E-state index in [2.05, 4.69) is 30.2 Å². The quantitative estimate of drug-likeness (QED) is 0.0672. The van der Waals surface area contributed by atoms with E-state index in [1.165, 1.54) is 103 Å². The minimum Gasteiger partial charge on any atom is -0.412 e. The fourth-order valence-electron chi connectivity index (χ4n) is 24.3. The van der Waals surface area contributed by atoms with E-state index in [4.69, 9.17) is 4.74 Å². The van der Waals surface area contributed by atoms with Crippen molar-refractivity contribution in [3.63, 3.8) is 0 Å². The van der Waals surface area contributed by atoms with Crippen LogP contribution in [0.25, 0.3) is 0 Å². The van der Waals surface area contributed by atoms with E-state index in [0.717, 1.165) is 75.5 Å². The van der Waals surface area contributed by atoms with Gasteiger partial charge in [-0.15, -0.1) is 0 Å². The molecule has 0 aromatic heterocycles. The van der Waals surface area contributed by atoms with E-state index in [0.29, 0.717) is 62.2 Å². The summed E-state index contributed by atoms with van der Waals surface area (Å²) < 4.78 is 349. The minimum atomic E-state index is -4.31.